The van der Waals surface area contributed by atoms with Crippen molar-refractivity contribution < 1.29 is 23.8 Å². The zero-order chi connectivity index (χ0) is 22.3. The summed E-state index contributed by atoms with van der Waals surface area (Å²) < 4.78 is 17.4. The van der Waals surface area contributed by atoms with Gasteiger partial charge in [0.1, 0.15) is 23.6 Å². The fourth-order valence-corrected chi connectivity index (χ4v) is 3.22. The quantitative estimate of drug-likeness (QED) is 0.386. The number of fused-ring (bicyclic) bond motifs is 1. The molecule has 1 unspecified atom stereocenters. The molecule has 1 N–H and O–H groups in total. The van der Waals surface area contributed by atoms with Crippen LogP contribution in [-0.2, 0) is 11.3 Å². The van der Waals surface area contributed by atoms with Crippen molar-refractivity contribution >= 4 is 23.1 Å². The van der Waals surface area contributed by atoms with Crippen LogP contribution in [0.15, 0.2) is 83.3 Å². The Balaban J connectivity index is 1.52. The van der Waals surface area contributed by atoms with E-state index >= 15 is 0 Å². The van der Waals surface area contributed by atoms with Crippen molar-refractivity contribution in [2.45, 2.75) is 19.6 Å². The first-order valence-corrected chi connectivity index (χ1v) is 10.4. The lowest BCUT2D eigenvalue weighted by Gasteiger charge is -2.21. The van der Waals surface area contributed by atoms with E-state index in [1.54, 1.807) is 6.07 Å². The molecular weight excluding hydrogens is 408 g/mol. The first-order chi connectivity index (χ1) is 15.6. The van der Waals surface area contributed by atoms with Crippen molar-refractivity contribution in [3.05, 3.63) is 84.4 Å². The summed E-state index contributed by atoms with van der Waals surface area (Å²) in [5.41, 5.74) is 2.43. The Labute approximate surface area is 185 Å². The summed E-state index contributed by atoms with van der Waals surface area (Å²) in [6.07, 6.45) is -0.933. The standard InChI is InChI=1S/C25H24N2O5/c1-18(24(28)29)31-21-11-7-8-19(16-21)17-27(14-15-30-20-9-3-2-4-10-20)25-26-22-12-5-6-13-23(22)32-25/h2-13,16,18H,14-15,17H2,1H3,(H,28,29). The van der Waals surface area contributed by atoms with Gasteiger partial charge in [0.25, 0.3) is 6.01 Å². The smallest absolute Gasteiger partial charge is 0.344 e. The number of carboxylic acid groups (broad SMARTS) is 1. The molecule has 1 aromatic heterocycles. The summed E-state index contributed by atoms with van der Waals surface area (Å²) >= 11 is 0. The van der Waals surface area contributed by atoms with E-state index in [1.807, 2.05) is 77.7 Å². The van der Waals surface area contributed by atoms with Gasteiger partial charge in [-0.1, -0.05) is 42.5 Å². The van der Waals surface area contributed by atoms with Gasteiger partial charge in [0.2, 0.25) is 0 Å². The van der Waals surface area contributed by atoms with Crippen molar-refractivity contribution in [3.8, 4) is 11.5 Å². The number of carboxylic acids is 1. The average Bonchev–Trinajstić information content (AvgIpc) is 3.23. The highest BCUT2D eigenvalue weighted by Crippen LogP contribution is 2.24. The Bertz CT molecular complexity index is 1140. The molecule has 0 aliphatic rings. The van der Waals surface area contributed by atoms with Crippen LogP contribution < -0.4 is 14.4 Å². The maximum atomic E-state index is 11.1. The van der Waals surface area contributed by atoms with Crippen LogP contribution >= 0.6 is 0 Å². The van der Waals surface area contributed by atoms with Crippen LogP contribution in [0.2, 0.25) is 0 Å². The van der Waals surface area contributed by atoms with Gasteiger partial charge in [0, 0.05) is 6.54 Å². The molecule has 32 heavy (non-hydrogen) atoms. The van der Waals surface area contributed by atoms with E-state index in [9.17, 15) is 4.79 Å². The first kappa shape index (κ1) is 21.2. The Morgan fingerprint density at radius 2 is 1.78 bits per heavy atom. The largest absolute Gasteiger partial charge is 0.492 e. The van der Waals surface area contributed by atoms with E-state index in [0.29, 0.717) is 37.0 Å². The van der Waals surface area contributed by atoms with Crippen LogP contribution in [0, 0.1) is 0 Å². The van der Waals surface area contributed by atoms with Crippen LogP contribution in [0.5, 0.6) is 11.5 Å². The number of benzene rings is 3. The molecule has 4 rings (SSSR count). The molecule has 0 aliphatic heterocycles. The third kappa shape index (κ3) is 5.37. The van der Waals surface area contributed by atoms with E-state index in [0.717, 1.165) is 16.8 Å². The summed E-state index contributed by atoms with van der Waals surface area (Å²) in [5, 5.41) is 9.10. The molecule has 7 nitrogen and oxygen atoms in total. The Morgan fingerprint density at radius 3 is 2.56 bits per heavy atom. The molecule has 0 radical (unpaired) electrons. The van der Waals surface area contributed by atoms with Crippen molar-refractivity contribution in [1.82, 2.24) is 4.98 Å². The Hall–Kier alpha value is -4.00. The van der Waals surface area contributed by atoms with Gasteiger partial charge in [-0.25, -0.2) is 4.79 Å². The predicted octanol–water partition coefficient (Wildman–Crippen LogP) is 4.77. The monoisotopic (exact) mass is 432 g/mol. The molecule has 0 spiro atoms. The summed E-state index contributed by atoms with van der Waals surface area (Å²) in [4.78, 5) is 17.7. The molecule has 1 heterocycles. The number of aliphatic carboxylic acids is 1. The molecule has 0 saturated carbocycles. The first-order valence-electron chi connectivity index (χ1n) is 10.4. The second-order valence-electron chi connectivity index (χ2n) is 7.29. The van der Waals surface area contributed by atoms with Crippen LogP contribution in [0.1, 0.15) is 12.5 Å². The van der Waals surface area contributed by atoms with Crippen LogP contribution in [-0.4, -0.2) is 35.3 Å². The SMILES string of the molecule is CC(Oc1cccc(CN(CCOc2ccccc2)c2nc3ccccc3o2)c1)C(=O)O. The van der Waals surface area contributed by atoms with E-state index in [4.69, 9.17) is 19.0 Å². The number of aromatic nitrogens is 1. The van der Waals surface area contributed by atoms with E-state index in [2.05, 4.69) is 4.98 Å². The van der Waals surface area contributed by atoms with Gasteiger partial charge >= 0.3 is 5.97 Å². The van der Waals surface area contributed by atoms with Gasteiger partial charge in [-0.15, -0.1) is 0 Å². The number of oxazole rings is 1. The lowest BCUT2D eigenvalue weighted by atomic mass is 10.2. The number of ether oxygens (including phenoxy) is 2. The summed E-state index contributed by atoms with van der Waals surface area (Å²) in [6, 6.07) is 25.1. The molecule has 0 aliphatic carbocycles. The van der Waals surface area contributed by atoms with Gasteiger partial charge in [-0.2, -0.15) is 4.98 Å². The third-order valence-corrected chi connectivity index (χ3v) is 4.86. The summed E-state index contributed by atoms with van der Waals surface area (Å²) in [7, 11) is 0. The van der Waals surface area contributed by atoms with Crippen LogP contribution in [0.25, 0.3) is 11.1 Å². The van der Waals surface area contributed by atoms with E-state index in [-0.39, 0.29) is 0 Å². The van der Waals surface area contributed by atoms with Crippen LogP contribution in [0.3, 0.4) is 0 Å². The number of rotatable bonds is 10. The van der Waals surface area contributed by atoms with Gasteiger partial charge < -0.3 is 23.9 Å². The summed E-state index contributed by atoms with van der Waals surface area (Å²) in [6.45, 7) is 2.97. The molecule has 0 amide bonds. The van der Waals surface area contributed by atoms with Crippen molar-refractivity contribution in [3.63, 3.8) is 0 Å². The lowest BCUT2D eigenvalue weighted by Crippen LogP contribution is -2.28. The molecule has 4 aromatic rings. The third-order valence-electron chi connectivity index (χ3n) is 4.86. The predicted molar refractivity (Wildman–Crippen MR) is 121 cm³/mol. The number of anilines is 1. The zero-order valence-electron chi connectivity index (χ0n) is 17.7. The Morgan fingerprint density at radius 1 is 1.03 bits per heavy atom. The minimum Gasteiger partial charge on any atom is -0.492 e. The normalized spacial score (nSPS) is 11.8. The molecule has 0 bridgehead atoms. The maximum absolute atomic E-state index is 11.1. The van der Waals surface area contributed by atoms with Gasteiger partial charge in [0.15, 0.2) is 11.7 Å². The Kier molecular flexibility index (Phi) is 6.55. The molecule has 3 aromatic carbocycles. The zero-order valence-corrected chi connectivity index (χ0v) is 17.7. The molecule has 0 fully saturated rings. The highest BCUT2D eigenvalue weighted by Gasteiger charge is 2.17. The molecular formula is C25H24N2O5. The minimum absolute atomic E-state index is 0.439. The van der Waals surface area contributed by atoms with E-state index in [1.165, 1.54) is 6.92 Å². The van der Waals surface area contributed by atoms with Crippen molar-refractivity contribution in [1.29, 1.82) is 0 Å². The molecule has 1 atom stereocenters. The molecule has 7 heteroatoms. The maximum Gasteiger partial charge on any atom is 0.344 e. The minimum atomic E-state index is -1.01. The second kappa shape index (κ2) is 9.87. The highest BCUT2D eigenvalue weighted by atomic mass is 16.5. The summed E-state index contributed by atoms with van der Waals surface area (Å²) in [5.74, 6) is 0.278. The number of hydrogen-bond donors (Lipinski definition) is 1. The highest BCUT2D eigenvalue weighted by molar-refractivity contribution is 5.74. The van der Waals surface area contributed by atoms with Crippen molar-refractivity contribution in [2.24, 2.45) is 0 Å². The number of hydrogen-bond acceptors (Lipinski definition) is 6. The fraction of sp³-hybridized carbons (Fsp3) is 0.200. The fourth-order valence-electron chi connectivity index (χ4n) is 3.22. The van der Waals surface area contributed by atoms with E-state index < -0.39 is 12.1 Å². The van der Waals surface area contributed by atoms with Crippen molar-refractivity contribution in [2.75, 3.05) is 18.1 Å². The number of carbonyl (C=O) groups is 1. The topological polar surface area (TPSA) is 85.0 Å². The average molecular weight is 432 g/mol. The lowest BCUT2D eigenvalue weighted by molar-refractivity contribution is -0.144. The second-order valence-corrected chi connectivity index (χ2v) is 7.29. The number of para-hydroxylation sites is 3. The van der Waals surface area contributed by atoms with Gasteiger partial charge in [-0.05, 0) is 48.9 Å². The number of nitrogens with zero attached hydrogens (tertiary/aromatic N) is 2. The van der Waals surface area contributed by atoms with Crippen LogP contribution in [0.4, 0.5) is 6.01 Å². The van der Waals surface area contributed by atoms with Gasteiger partial charge in [0.05, 0.1) is 6.54 Å². The molecule has 164 valence electrons. The van der Waals surface area contributed by atoms with Gasteiger partial charge in [-0.3, -0.25) is 0 Å². The molecule has 0 saturated heterocycles.